The van der Waals surface area contributed by atoms with E-state index in [1.807, 2.05) is 37.3 Å². The van der Waals surface area contributed by atoms with Gasteiger partial charge in [-0.25, -0.2) is 4.79 Å². The highest BCUT2D eigenvalue weighted by Gasteiger charge is 2.14. The summed E-state index contributed by atoms with van der Waals surface area (Å²) in [5.74, 6) is 0.449. The summed E-state index contributed by atoms with van der Waals surface area (Å²) >= 11 is 0. The number of aromatic nitrogens is 1. The smallest absolute Gasteiger partial charge is 0.321 e. The molecule has 28 heavy (non-hydrogen) atoms. The van der Waals surface area contributed by atoms with Crippen LogP contribution in [0.2, 0.25) is 0 Å². The minimum absolute atomic E-state index is 0.242. The second-order valence-electron chi connectivity index (χ2n) is 6.56. The van der Waals surface area contributed by atoms with Gasteiger partial charge in [-0.1, -0.05) is 29.4 Å². The lowest BCUT2D eigenvalue weighted by molar-refractivity contribution is 0.102. The molecule has 3 aromatic rings. The Morgan fingerprint density at radius 1 is 1.04 bits per heavy atom. The fraction of sp³-hybridized carbons (Fsp3) is 0.190. The van der Waals surface area contributed by atoms with Crippen LogP contribution in [0.25, 0.3) is 0 Å². The number of amides is 3. The molecule has 0 aliphatic rings. The minimum Gasteiger partial charge on any atom is -0.361 e. The van der Waals surface area contributed by atoms with Gasteiger partial charge >= 0.3 is 6.03 Å². The van der Waals surface area contributed by atoms with Gasteiger partial charge in [0, 0.05) is 30.1 Å². The van der Waals surface area contributed by atoms with Crippen LogP contribution in [0.1, 0.15) is 27.4 Å². The minimum atomic E-state index is -0.302. The van der Waals surface area contributed by atoms with Crippen LogP contribution in [0.4, 0.5) is 16.2 Å². The van der Waals surface area contributed by atoms with Crippen molar-refractivity contribution in [3.8, 4) is 0 Å². The maximum absolute atomic E-state index is 12.5. The number of nitrogens with one attached hydrogen (secondary N) is 2. The van der Waals surface area contributed by atoms with Gasteiger partial charge in [0.1, 0.15) is 11.5 Å². The van der Waals surface area contributed by atoms with Crippen LogP contribution < -0.4 is 10.6 Å². The van der Waals surface area contributed by atoms with Gasteiger partial charge < -0.3 is 20.1 Å². The van der Waals surface area contributed by atoms with Gasteiger partial charge in [-0.3, -0.25) is 4.79 Å². The third-order valence-electron chi connectivity index (χ3n) is 4.20. The van der Waals surface area contributed by atoms with Gasteiger partial charge in [0.2, 0.25) is 0 Å². The Kier molecular flexibility index (Phi) is 5.74. The van der Waals surface area contributed by atoms with Crippen molar-refractivity contribution in [2.75, 3.05) is 17.7 Å². The van der Waals surface area contributed by atoms with E-state index in [1.54, 1.807) is 38.2 Å². The van der Waals surface area contributed by atoms with E-state index in [0.717, 1.165) is 5.56 Å². The Labute approximate surface area is 163 Å². The number of para-hydroxylation sites is 1. The predicted octanol–water partition coefficient (Wildman–Crippen LogP) is 4.21. The molecule has 144 valence electrons. The Hall–Kier alpha value is -3.61. The number of benzene rings is 2. The molecule has 0 atom stereocenters. The fourth-order valence-electron chi connectivity index (χ4n) is 2.64. The van der Waals surface area contributed by atoms with E-state index in [1.165, 1.54) is 4.90 Å². The zero-order chi connectivity index (χ0) is 20.1. The molecule has 1 heterocycles. The molecule has 0 radical (unpaired) electrons. The van der Waals surface area contributed by atoms with E-state index in [9.17, 15) is 9.59 Å². The Morgan fingerprint density at radius 3 is 2.46 bits per heavy atom. The van der Waals surface area contributed by atoms with Crippen molar-refractivity contribution in [3.05, 3.63) is 77.2 Å². The highest BCUT2D eigenvalue weighted by molar-refractivity contribution is 6.05. The van der Waals surface area contributed by atoms with Crippen molar-refractivity contribution >= 4 is 23.3 Å². The lowest BCUT2D eigenvalue weighted by atomic mass is 10.1. The van der Waals surface area contributed by atoms with Gasteiger partial charge in [-0.2, -0.15) is 0 Å². The zero-order valence-electron chi connectivity index (χ0n) is 16.0. The van der Waals surface area contributed by atoms with E-state index in [2.05, 4.69) is 15.8 Å². The van der Waals surface area contributed by atoms with Crippen LogP contribution in [-0.4, -0.2) is 29.0 Å². The quantitative estimate of drug-likeness (QED) is 0.696. The Bertz CT molecular complexity index is 982. The van der Waals surface area contributed by atoms with E-state index in [0.29, 0.717) is 34.9 Å². The molecule has 3 amide bonds. The zero-order valence-corrected chi connectivity index (χ0v) is 16.0. The van der Waals surface area contributed by atoms with Crippen LogP contribution >= 0.6 is 0 Å². The average molecular weight is 378 g/mol. The molecule has 0 aliphatic carbocycles. The molecular weight excluding hydrogens is 356 g/mol. The van der Waals surface area contributed by atoms with Gasteiger partial charge in [0.15, 0.2) is 0 Å². The second-order valence-corrected chi connectivity index (χ2v) is 6.56. The Balaban J connectivity index is 1.68. The molecule has 0 spiro atoms. The SMILES string of the molecule is Cc1cc(CN(C)C(=O)Nc2cc(C(=O)Nc3ccccc3)ccc2C)no1. The Morgan fingerprint density at radius 2 is 1.79 bits per heavy atom. The van der Waals surface area contributed by atoms with E-state index >= 15 is 0 Å². The number of rotatable bonds is 5. The molecule has 0 aliphatic heterocycles. The van der Waals surface area contributed by atoms with Crippen molar-refractivity contribution in [2.24, 2.45) is 0 Å². The highest BCUT2D eigenvalue weighted by atomic mass is 16.5. The van der Waals surface area contributed by atoms with Crippen molar-refractivity contribution in [2.45, 2.75) is 20.4 Å². The maximum Gasteiger partial charge on any atom is 0.321 e. The van der Waals surface area contributed by atoms with Crippen molar-refractivity contribution in [1.82, 2.24) is 10.1 Å². The van der Waals surface area contributed by atoms with Gasteiger partial charge in [-0.15, -0.1) is 0 Å². The summed E-state index contributed by atoms with van der Waals surface area (Å²) in [4.78, 5) is 26.5. The summed E-state index contributed by atoms with van der Waals surface area (Å²) in [5.41, 5.74) is 3.27. The predicted molar refractivity (Wildman–Crippen MR) is 107 cm³/mol. The lowest BCUT2D eigenvalue weighted by Gasteiger charge is -2.18. The standard InChI is InChI=1S/C21H22N4O3/c1-14-9-10-16(20(26)22-17-7-5-4-6-8-17)12-19(14)23-21(27)25(3)13-18-11-15(2)28-24-18/h4-12H,13H2,1-3H3,(H,22,26)(H,23,27). The number of aryl methyl sites for hydroxylation is 2. The van der Waals surface area contributed by atoms with E-state index in [-0.39, 0.29) is 11.9 Å². The first-order chi connectivity index (χ1) is 13.4. The van der Waals surface area contributed by atoms with E-state index in [4.69, 9.17) is 4.52 Å². The first kappa shape index (κ1) is 19.2. The number of nitrogens with zero attached hydrogens (tertiary/aromatic N) is 2. The third kappa shape index (κ3) is 4.76. The summed E-state index contributed by atoms with van der Waals surface area (Å²) in [7, 11) is 1.67. The van der Waals surface area contributed by atoms with Crippen molar-refractivity contribution < 1.29 is 14.1 Å². The third-order valence-corrected chi connectivity index (χ3v) is 4.20. The first-order valence-corrected chi connectivity index (χ1v) is 8.84. The molecule has 0 saturated heterocycles. The molecule has 0 saturated carbocycles. The lowest BCUT2D eigenvalue weighted by Crippen LogP contribution is -2.31. The largest absolute Gasteiger partial charge is 0.361 e. The molecule has 1 aromatic heterocycles. The van der Waals surface area contributed by atoms with Crippen LogP contribution in [0.15, 0.2) is 59.1 Å². The van der Waals surface area contributed by atoms with Crippen molar-refractivity contribution in [3.63, 3.8) is 0 Å². The average Bonchev–Trinajstić information content (AvgIpc) is 3.08. The number of anilines is 2. The molecule has 2 aromatic carbocycles. The van der Waals surface area contributed by atoms with Gasteiger partial charge in [0.05, 0.1) is 6.54 Å². The number of urea groups is 1. The summed E-state index contributed by atoms with van der Waals surface area (Å²) in [5, 5.41) is 9.57. The molecule has 0 fully saturated rings. The highest BCUT2D eigenvalue weighted by Crippen LogP contribution is 2.19. The first-order valence-electron chi connectivity index (χ1n) is 8.84. The van der Waals surface area contributed by atoms with Crippen LogP contribution in [0.3, 0.4) is 0 Å². The van der Waals surface area contributed by atoms with Crippen LogP contribution in [0, 0.1) is 13.8 Å². The normalized spacial score (nSPS) is 10.4. The molecule has 2 N–H and O–H groups in total. The molecule has 3 rings (SSSR count). The van der Waals surface area contributed by atoms with Crippen LogP contribution in [0.5, 0.6) is 0 Å². The topological polar surface area (TPSA) is 87.5 Å². The van der Waals surface area contributed by atoms with Gasteiger partial charge in [-0.05, 0) is 43.7 Å². The summed E-state index contributed by atoms with van der Waals surface area (Å²) < 4.78 is 5.02. The summed E-state index contributed by atoms with van der Waals surface area (Å²) in [6.07, 6.45) is 0. The molecule has 0 unspecified atom stereocenters. The summed E-state index contributed by atoms with van der Waals surface area (Å²) in [6.45, 7) is 3.98. The second kappa shape index (κ2) is 8.39. The van der Waals surface area contributed by atoms with E-state index < -0.39 is 0 Å². The number of carbonyl (C=O) groups is 2. The maximum atomic E-state index is 12.5. The monoisotopic (exact) mass is 378 g/mol. The summed E-state index contributed by atoms with van der Waals surface area (Å²) in [6, 6.07) is 15.9. The molecular formula is C21H22N4O3. The number of hydrogen-bond acceptors (Lipinski definition) is 4. The number of hydrogen-bond donors (Lipinski definition) is 2. The molecule has 7 heteroatoms. The van der Waals surface area contributed by atoms with Gasteiger partial charge in [0.25, 0.3) is 5.91 Å². The van der Waals surface area contributed by atoms with Crippen molar-refractivity contribution in [1.29, 1.82) is 0 Å². The fourth-order valence-corrected chi connectivity index (χ4v) is 2.64. The number of carbonyl (C=O) groups excluding carboxylic acids is 2. The van der Waals surface area contributed by atoms with Crippen LogP contribution in [-0.2, 0) is 6.54 Å². The molecule has 0 bridgehead atoms. The molecule has 7 nitrogen and oxygen atoms in total.